The van der Waals surface area contributed by atoms with Gasteiger partial charge in [0.2, 0.25) is 6.79 Å². The molecule has 2 heterocycles. The third kappa shape index (κ3) is 6.87. The summed E-state index contributed by atoms with van der Waals surface area (Å²) in [5, 5.41) is 6.41. The summed E-state index contributed by atoms with van der Waals surface area (Å²) in [6.07, 6.45) is -3.38. The Hall–Kier alpha value is -1.43. The lowest BCUT2D eigenvalue weighted by Gasteiger charge is -2.18. The number of guanidine groups is 1. The Morgan fingerprint density at radius 2 is 2.04 bits per heavy atom. The van der Waals surface area contributed by atoms with Crippen LogP contribution in [0.3, 0.4) is 0 Å². The lowest BCUT2D eigenvalue weighted by Crippen LogP contribution is -2.40. The Morgan fingerprint density at radius 1 is 1.25 bits per heavy atom. The van der Waals surface area contributed by atoms with E-state index >= 15 is 0 Å². The lowest BCUT2D eigenvalue weighted by atomic mass is 10.1. The fourth-order valence-corrected chi connectivity index (χ4v) is 3.27. The fraction of sp³-hybridized carbons (Fsp3) is 0.611. The van der Waals surface area contributed by atoms with Crippen LogP contribution < -0.4 is 20.1 Å². The molecule has 0 spiro atoms. The van der Waals surface area contributed by atoms with Gasteiger partial charge in [0.25, 0.3) is 0 Å². The van der Waals surface area contributed by atoms with Gasteiger partial charge in [-0.15, -0.1) is 24.0 Å². The molecule has 158 valence electrons. The average molecular weight is 514 g/mol. The van der Waals surface area contributed by atoms with Gasteiger partial charge in [0.1, 0.15) is 0 Å². The van der Waals surface area contributed by atoms with E-state index in [0.29, 0.717) is 38.7 Å². The minimum atomic E-state index is -4.14. The molecule has 1 unspecified atom stereocenters. The molecular formula is C18H26F3IN4O2. The van der Waals surface area contributed by atoms with E-state index in [4.69, 9.17) is 9.47 Å². The molecule has 1 aromatic rings. The number of nitrogens with zero attached hydrogens (tertiary/aromatic N) is 2. The molecule has 28 heavy (non-hydrogen) atoms. The Labute approximate surface area is 179 Å². The third-order valence-corrected chi connectivity index (χ3v) is 4.53. The number of likely N-dealkylation sites (tertiary alicyclic amines) is 1. The first-order valence-electron chi connectivity index (χ1n) is 9.13. The van der Waals surface area contributed by atoms with Crippen LogP contribution in [0.25, 0.3) is 0 Å². The Balaban J connectivity index is 0.00000280. The van der Waals surface area contributed by atoms with Crippen molar-refractivity contribution in [1.82, 2.24) is 15.5 Å². The molecule has 0 saturated carbocycles. The minimum absolute atomic E-state index is 0. The van der Waals surface area contributed by atoms with Crippen molar-refractivity contribution in [2.75, 3.05) is 39.5 Å². The predicted molar refractivity (Wildman–Crippen MR) is 111 cm³/mol. The molecule has 6 nitrogen and oxygen atoms in total. The number of halogens is 4. The van der Waals surface area contributed by atoms with E-state index in [1.807, 2.05) is 25.1 Å². The zero-order valence-corrected chi connectivity index (χ0v) is 18.0. The van der Waals surface area contributed by atoms with Gasteiger partial charge in [0.15, 0.2) is 17.5 Å². The maximum atomic E-state index is 12.5. The number of rotatable bonds is 6. The summed E-state index contributed by atoms with van der Waals surface area (Å²) in [5.74, 6) is 2.29. The van der Waals surface area contributed by atoms with E-state index in [-0.39, 0.29) is 36.7 Å². The number of aliphatic imine (C=N–C) groups is 1. The van der Waals surface area contributed by atoms with E-state index in [1.165, 1.54) is 4.90 Å². The van der Waals surface area contributed by atoms with Gasteiger partial charge in [-0.3, -0.25) is 4.90 Å². The Morgan fingerprint density at radius 3 is 2.79 bits per heavy atom. The predicted octanol–water partition coefficient (Wildman–Crippen LogP) is 2.97. The van der Waals surface area contributed by atoms with Crippen molar-refractivity contribution in [3.05, 3.63) is 23.8 Å². The summed E-state index contributed by atoms with van der Waals surface area (Å²) in [5.41, 5.74) is 0.994. The number of hydrogen-bond donors (Lipinski definition) is 2. The average Bonchev–Trinajstić information content (AvgIpc) is 3.24. The van der Waals surface area contributed by atoms with E-state index in [9.17, 15) is 13.2 Å². The van der Waals surface area contributed by atoms with Crippen LogP contribution >= 0.6 is 24.0 Å². The highest BCUT2D eigenvalue weighted by molar-refractivity contribution is 14.0. The number of fused-ring (bicyclic) bond motifs is 1. The van der Waals surface area contributed by atoms with Crippen LogP contribution in [0.4, 0.5) is 13.2 Å². The van der Waals surface area contributed by atoms with Gasteiger partial charge in [0.05, 0.1) is 13.1 Å². The first-order chi connectivity index (χ1) is 12.9. The highest BCUT2D eigenvalue weighted by Gasteiger charge is 2.34. The fourth-order valence-electron chi connectivity index (χ4n) is 3.27. The molecule has 0 amide bonds. The first-order valence-corrected chi connectivity index (χ1v) is 9.13. The number of benzene rings is 1. The van der Waals surface area contributed by atoms with Gasteiger partial charge >= 0.3 is 6.18 Å². The van der Waals surface area contributed by atoms with Crippen molar-refractivity contribution >= 4 is 29.9 Å². The highest BCUT2D eigenvalue weighted by Crippen LogP contribution is 2.32. The Kier molecular flexibility index (Phi) is 8.47. The van der Waals surface area contributed by atoms with Crippen LogP contribution in [0.2, 0.25) is 0 Å². The summed E-state index contributed by atoms with van der Waals surface area (Å²) in [4.78, 5) is 6.01. The van der Waals surface area contributed by atoms with Crippen LogP contribution in [0.1, 0.15) is 18.9 Å². The molecule has 10 heteroatoms. The third-order valence-electron chi connectivity index (χ3n) is 4.53. The molecule has 1 atom stereocenters. The van der Waals surface area contributed by atoms with Crippen molar-refractivity contribution in [3.63, 3.8) is 0 Å². The molecule has 0 aliphatic carbocycles. The highest BCUT2D eigenvalue weighted by atomic mass is 127. The molecule has 0 bridgehead atoms. The summed E-state index contributed by atoms with van der Waals surface area (Å²) in [7, 11) is 0. The van der Waals surface area contributed by atoms with Gasteiger partial charge in [-0.25, -0.2) is 4.99 Å². The van der Waals surface area contributed by atoms with E-state index in [0.717, 1.165) is 23.5 Å². The van der Waals surface area contributed by atoms with Gasteiger partial charge in [-0.2, -0.15) is 13.2 Å². The second-order valence-corrected chi connectivity index (χ2v) is 6.77. The number of ether oxygens (including phenoxy) is 2. The first kappa shape index (κ1) is 22.9. The Bertz CT molecular complexity index is 673. The zero-order chi connectivity index (χ0) is 19.3. The molecule has 2 aliphatic rings. The van der Waals surface area contributed by atoms with E-state index in [1.54, 1.807) is 0 Å². The monoisotopic (exact) mass is 514 g/mol. The van der Waals surface area contributed by atoms with Gasteiger partial charge < -0.3 is 20.1 Å². The zero-order valence-electron chi connectivity index (χ0n) is 15.7. The summed E-state index contributed by atoms with van der Waals surface area (Å²) >= 11 is 0. The van der Waals surface area contributed by atoms with Crippen molar-refractivity contribution in [3.8, 4) is 11.5 Å². The number of hydrogen-bond acceptors (Lipinski definition) is 4. The van der Waals surface area contributed by atoms with Crippen molar-refractivity contribution in [2.45, 2.75) is 26.1 Å². The summed E-state index contributed by atoms with van der Waals surface area (Å²) in [6.45, 7) is 4.08. The van der Waals surface area contributed by atoms with Crippen molar-refractivity contribution in [2.24, 2.45) is 10.9 Å². The van der Waals surface area contributed by atoms with Crippen molar-refractivity contribution < 1.29 is 22.6 Å². The number of alkyl halides is 3. The molecule has 1 aromatic carbocycles. The van der Waals surface area contributed by atoms with Gasteiger partial charge in [0, 0.05) is 19.6 Å². The quantitative estimate of drug-likeness (QED) is 0.348. The molecule has 3 rings (SSSR count). The SMILES string of the molecule is CCNC(=NCc1ccc2c(c1)OCO2)NCC1CCN(CC(F)(F)F)C1.I. The van der Waals surface area contributed by atoms with Gasteiger partial charge in [-0.1, -0.05) is 6.07 Å². The number of nitrogens with one attached hydrogen (secondary N) is 2. The second-order valence-electron chi connectivity index (χ2n) is 6.77. The molecular weight excluding hydrogens is 488 g/mol. The molecule has 1 saturated heterocycles. The second kappa shape index (κ2) is 10.4. The smallest absolute Gasteiger partial charge is 0.401 e. The van der Waals surface area contributed by atoms with Crippen LogP contribution in [-0.4, -0.2) is 56.6 Å². The summed E-state index contributed by atoms with van der Waals surface area (Å²) in [6, 6.07) is 5.70. The topological polar surface area (TPSA) is 58.1 Å². The van der Waals surface area contributed by atoms with Crippen LogP contribution in [0.5, 0.6) is 11.5 Å². The van der Waals surface area contributed by atoms with Gasteiger partial charge in [-0.05, 0) is 43.5 Å². The summed E-state index contributed by atoms with van der Waals surface area (Å²) < 4.78 is 48.1. The van der Waals surface area contributed by atoms with Crippen LogP contribution in [0, 0.1) is 5.92 Å². The molecule has 0 aromatic heterocycles. The molecule has 2 aliphatic heterocycles. The molecule has 2 N–H and O–H groups in total. The maximum Gasteiger partial charge on any atom is 0.401 e. The minimum Gasteiger partial charge on any atom is -0.454 e. The van der Waals surface area contributed by atoms with E-state index in [2.05, 4.69) is 15.6 Å². The van der Waals surface area contributed by atoms with Crippen LogP contribution in [0.15, 0.2) is 23.2 Å². The standard InChI is InChI=1S/C18H25F3N4O2.HI/c1-2-22-17(23-8-13-3-4-15-16(7-13)27-12-26-15)24-9-14-5-6-25(10-14)11-18(19,20)21;/h3-4,7,14H,2,5-6,8-12H2,1H3,(H2,22,23,24);1H. The van der Waals surface area contributed by atoms with Crippen LogP contribution in [-0.2, 0) is 6.54 Å². The maximum absolute atomic E-state index is 12.5. The lowest BCUT2D eigenvalue weighted by molar-refractivity contribution is -0.143. The largest absolute Gasteiger partial charge is 0.454 e. The molecule has 1 fully saturated rings. The van der Waals surface area contributed by atoms with E-state index < -0.39 is 12.7 Å². The van der Waals surface area contributed by atoms with Crippen molar-refractivity contribution in [1.29, 1.82) is 0 Å². The normalized spacial score (nSPS) is 19.4. The molecule has 0 radical (unpaired) electrons.